The van der Waals surface area contributed by atoms with Crippen LogP contribution in [0.25, 0.3) is 22.2 Å². The van der Waals surface area contributed by atoms with Gasteiger partial charge in [0.05, 0.1) is 11.8 Å². The van der Waals surface area contributed by atoms with Crippen molar-refractivity contribution in [1.82, 2.24) is 4.57 Å². The summed E-state index contributed by atoms with van der Waals surface area (Å²) in [6.07, 6.45) is 2.00. The lowest BCUT2D eigenvalue weighted by molar-refractivity contribution is -0.674. The maximum atomic E-state index is 13.3. The van der Waals surface area contributed by atoms with Crippen LogP contribution in [0.2, 0.25) is 0 Å². The van der Waals surface area contributed by atoms with Crippen molar-refractivity contribution in [1.29, 1.82) is 0 Å². The van der Waals surface area contributed by atoms with Crippen LogP contribution in [0.1, 0.15) is 26.7 Å². The first kappa shape index (κ1) is 23.8. The van der Waals surface area contributed by atoms with Crippen molar-refractivity contribution < 1.29 is 18.9 Å². The summed E-state index contributed by atoms with van der Waals surface area (Å²) in [6, 6.07) is 16.3. The molecule has 0 bridgehead atoms. The second-order valence-corrected chi connectivity index (χ2v) is 9.60. The summed E-state index contributed by atoms with van der Waals surface area (Å²) < 4.78 is 11.8. The zero-order valence-corrected chi connectivity index (χ0v) is 21.0. The molecule has 9 heteroatoms. The maximum absolute atomic E-state index is 13.3. The van der Waals surface area contributed by atoms with Crippen molar-refractivity contribution in [2.75, 3.05) is 11.9 Å². The Hall–Kier alpha value is -3.30. The fourth-order valence-electron chi connectivity index (χ4n) is 3.86. The molecule has 2 aromatic heterocycles. The van der Waals surface area contributed by atoms with Crippen LogP contribution < -0.4 is 29.3 Å². The van der Waals surface area contributed by atoms with E-state index in [0.717, 1.165) is 50.4 Å². The van der Waals surface area contributed by atoms with E-state index in [1.165, 1.54) is 16.2 Å². The van der Waals surface area contributed by atoms with Gasteiger partial charge in [-0.15, -0.1) is 11.3 Å². The monoisotopic (exact) mass is 495 g/mol. The van der Waals surface area contributed by atoms with E-state index in [-0.39, 0.29) is 5.56 Å². The van der Waals surface area contributed by atoms with E-state index >= 15 is 0 Å². The molecule has 1 aliphatic rings. The topological polar surface area (TPSA) is 82.4 Å². The molecule has 7 nitrogen and oxygen atoms in total. The molecule has 34 heavy (non-hydrogen) atoms. The Kier molecular flexibility index (Phi) is 6.95. The molecule has 0 spiro atoms. The number of hydrogen-bond acceptors (Lipinski definition) is 7. The van der Waals surface area contributed by atoms with Crippen molar-refractivity contribution >= 4 is 57.0 Å². The van der Waals surface area contributed by atoms with Crippen molar-refractivity contribution in [3.05, 3.63) is 74.0 Å². The number of aliphatic carboxylic acids is 1. The second kappa shape index (κ2) is 9.90. The number of rotatable bonds is 3. The largest absolute Gasteiger partial charge is 0.550 e. The fourth-order valence-corrected chi connectivity index (χ4v) is 6.30. The predicted molar refractivity (Wildman–Crippen MR) is 134 cm³/mol. The van der Waals surface area contributed by atoms with Gasteiger partial charge in [-0.3, -0.25) is 9.36 Å². The molecule has 0 unspecified atom stereocenters. The number of thiazole rings is 1. The molecule has 1 aliphatic heterocycles. The molecule has 0 saturated carbocycles. The molecular weight excluding hydrogens is 470 g/mol. The minimum absolute atomic E-state index is 0.0510. The number of hydrogen-bond donors (Lipinski definition) is 0. The summed E-state index contributed by atoms with van der Waals surface area (Å²) in [5.41, 5.74) is 3.10. The number of oxazole rings is 1. The normalized spacial score (nSPS) is 14.8. The molecule has 3 heterocycles. The van der Waals surface area contributed by atoms with Crippen LogP contribution in [0.4, 0.5) is 5.69 Å². The molecule has 0 aliphatic carbocycles. The average molecular weight is 496 g/mol. The summed E-state index contributed by atoms with van der Waals surface area (Å²) >= 11 is 3.19. The molecule has 0 saturated heterocycles. The van der Waals surface area contributed by atoms with Crippen molar-refractivity contribution in [2.24, 2.45) is 0 Å². The number of benzene rings is 2. The average Bonchev–Trinajstić information content (AvgIpc) is 3.44. The van der Waals surface area contributed by atoms with Crippen LogP contribution >= 0.6 is 23.1 Å². The molecule has 2 aromatic carbocycles. The van der Waals surface area contributed by atoms with Gasteiger partial charge in [-0.25, -0.2) is 0 Å². The van der Waals surface area contributed by atoms with Gasteiger partial charge in [0.2, 0.25) is 5.58 Å². The molecule has 0 amide bonds. The van der Waals surface area contributed by atoms with Crippen LogP contribution in [0, 0.1) is 0 Å². The number of para-hydroxylation sites is 3. The molecular formula is C25H25N3O4S2. The predicted octanol–water partition coefficient (Wildman–Crippen LogP) is 1.88. The number of carboxylic acid groups (broad SMARTS) is 1. The Labute approximate surface area is 204 Å². The maximum Gasteiger partial charge on any atom is 0.377 e. The van der Waals surface area contributed by atoms with Crippen LogP contribution in [0.3, 0.4) is 0 Å². The number of fused-ring (bicyclic) bond motifs is 2. The van der Waals surface area contributed by atoms with Crippen LogP contribution in [0.5, 0.6) is 0 Å². The number of carbonyl (C=O) groups excluding carboxylic acids is 1. The minimum atomic E-state index is -1.08. The van der Waals surface area contributed by atoms with Crippen molar-refractivity contribution in [2.45, 2.75) is 38.8 Å². The summed E-state index contributed by atoms with van der Waals surface area (Å²) in [5, 5.41) is 9.88. The standard InChI is InChI=1S/C23H22N3O2S2.C2H4O2/c1-4-25-15-10-6-8-12-17(15)28-19(25)14-20-26(5-2)22(27)21(30-20)23-24(3)16-11-7-9-13-18(16)29-23;1-2(3)4/h6-14H,4-5H2,1-3H3;1H3,(H,3,4)/q+1;/p-1. The third-order valence-electron chi connectivity index (χ3n) is 5.36. The van der Waals surface area contributed by atoms with Gasteiger partial charge in [-0.05, 0) is 39.0 Å². The zero-order valence-electron chi connectivity index (χ0n) is 19.4. The van der Waals surface area contributed by atoms with Gasteiger partial charge in [-0.2, -0.15) is 4.57 Å². The van der Waals surface area contributed by atoms with E-state index < -0.39 is 5.97 Å². The number of aryl methyl sites for hydroxylation is 1. The Morgan fingerprint density at radius 1 is 1.15 bits per heavy atom. The van der Waals surface area contributed by atoms with Gasteiger partial charge < -0.3 is 19.2 Å². The second-order valence-electron chi connectivity index (χ2n) is 7.54. The highest BCUT2D eigenvalue weighted by Crippen LogP contribution is 2.44. The molecule has 5 rings (SSSR count). The van der Waals surface area contributed by atoms with Gasteiger partial charge in [0.15, 0.2) is 0 Å². The lowest BCUT2D eigenvalue weighted by atomic mass is 10.3. The summed E-state index contributed by atoms with van der Waals surface area (Å²) in [7, 11) is 2.03. The Morgan fingerprint density at radius 2 is 1.82 bits per heavy atom. The number of thioether (sulfide) groups is 1. The number of carboxylic acids is 1. The highest BCUT2D eigenvalue weighted by molar-refractivity contribution is 8.08. The van der Waals surface area contributed by atoms with Gasteiger partial charge in [0, 0.05) is 30.5 Å². The van der Waals surface area contributed by atoms with E-state index in [1.807, 2.05) is 54.9 Å². The van der Waals surface area contributed by atoms with Crippen molar-refractivity contribution in [3.63, 3.8) is 0 Å². The van der Waals surface area contributed by atoms with Gasteiger partial charge in [0.25, 0.3) is 11.1 Å². The molecule has 0 N–H and O–H groups in total. The number of carbonyl (C=O) groups is 1. The quantitative estimate of drug-likeness (QED) is 0.404. The van der Waals surface area contributed by atoms with E-state index in [2.05, 4.69) is 34.6 Å². The smallest absolute Gasteiger partial charge is 0.377 e. The number of nitrogens with zero attached hydrogens (tertiary/aromatic N) is 3. The summed E-state index contributed by atoms with van der Waals surface area (Å²) in [4.78, 5) is 25.5. The van der Waals surface area contributed by atoms with E-state index in [4.69, 9.17) is 14.3 Å². The Balaban J connectivity index is 0.000000636. The third-order valence-corrected chi connectivity index (χ3v) is 7.85. The Morgan fingerprint density at radius 3 is 2.50 bits per heavy atom. The SMILES string of the molecule is CC(=O)[O-].CCn1c(=Cc2oc3ccccc3[n+]2CC)sc(=C2Sc3ccccc3N2C)c1=O. The lowest BCUT2D eigenvalue weighted by Gasteiger charge is -2.11. The third kappa shape index (κ3) is 4.41. The van der Waals surface area contributed by atoms with Gasteiger partial charge >= 0.3 is 5.89 Å². The van der Waals surface area contributed by atoms with Crippen LogP contribution in [-0.4, -0.2) is 17.6 Å². The number of aromatic nitrogens is 2. The first-order chi connectivity index (χ1) is 16.3. The molecule has 0 fully saturated rings. The fraction of sp³-hybridized carbons (Fsp3) is 0.240. The van der Waals surface area contributed by atoms with Gasteiger partial charge in [-0.1, -0.05) is 36.0 Å². The first-order valence-electron chi connectivity index (χ1n) is 10.9. The van der Waals surface area contributed by atoms with E-state index in [0.29, 0.717) is 6.54 Å². The first-order valence-corrected chi connectivity index (χ1v) is 12.5. The highest BCUT2D eigenvalue weighted by atomic mass is 32.2. The van der Waals surface area contributed by atoms with Crippen molar-refractivity contribution in [3.8, 4) is 0 Å². The van der Waals surface area contributed by atoms with E-state index in [1.54, 1.807) is 11.8 Å². The minimum Gasteiger partial charge on any atom is -0.550 e. The lowest BCUT2D eigenvalue weighted by Crippen LogP contribution is -2.36. The molecule has 176 valence electrons. The number of anilines is 1. The molecule has 0 atom stereocenters. The van der Waals surface area contributed by atoms with E-state index in [9.17, 15) is 4.79 Å². The molecule has 4 aromatic rings. The van der Waals surface area contributed by atoms with Gasteiger partial charge in [0.1, 0.15) is 20.8 Å². The summed E-state index contributed by atoms with van der Waals surface area (Å²) in [5.74, 6) is -0.325. The summed E-state index contributed by atoms with van der Waals surface area (Å²) in [6.45, 7) is 6.49. The molecule has 0 radical (unpaired) electrons. The Bertz CT molecular complexity index is 1540. The zero-order chi connectivity index (χ0) is 24.4. The van der Waals surface area contributed by atoms with Crippen LogP contribution in [0.15, 0.2) is 62.6 Å². The highest BCUT2D eigenvalue weighted by Gasteiger charge is 2.25. The van der Waals surface area contributed by atoms with Crippen LogP contribution in [-0.2, 0) is 17.9 Å².